The van der Waals surface area contributed by atoms with Crippen molar-refractivity contribution in [3.63, 3.8) is 0 Å². The average molecular weight is 271 g/mol. The lowest BCUT2D eigenvalue weighted by atomic mass is 9.86. The van der Waals surface area contributed by atoms with Gasteiger partial charge in [0.1, 0.15) is 5.54 Å². The number of esters is 1. The average Bonchev–Trinajstić information content (AvgIpc) is 2.82. The van der Waals surface area contributed by atoms with Crippen molar-refractivity contribution in [1.82, 2.24) is 0 Å². The lowest BCUT2D eigenvalue weighted by Gasteiger charge is -2.29. The van der Waals surface area contributed by atoms with Crippen LogP contribution in [0.15, 0.2) is 0 Å². The minimum Gasteiger partial charge on any atom is -0.468 e. The number of carbonyl (C=O) groups excluding carboxylic acids is 1. The van der Waals surface area contributed by atoms with Crippen LogP contribution >= 0.6 is 0 Å². The zero-order valence-electron chi connectivity index (χ0n) is 11.7. The van der Waals surface area contributed by atoms with E-state index in [4.69, 9.17) is 19.9 Å². The minimum atomic E-state index is -0.798. The molecule has 0 aromatic heterocycles. The molecule has 2 atom stereocenters. The molecule has 0 aromatic carbocycles. The van der Waals surface area contributed by atoms with Crippen molar-refractivity contribution in [1.29, 1.82) is 0 Å². The van der Waals surface area contributed by atoms with Crippen molar-refractivity contribution in [3.8, 4) is 0 Å². The molecule has 2 N–H and O–H groups in total. The number of hydrogen-bond acceptors (Lipinski definition) is 5. The monoisotopic (exact) mass is 271 g/mol. The van der Waals surface area contributed by atoms with Crippen LogP contribution in [0.5, 0.6) is 0 Å². The van der Waals surface area contributed by atoms with Crippen LogP contribution in [0.4, 0.5) is 0 Å². The van der Waals surface area contributed by atoms with Crippen LogP contribution in [0.2, 0.25) is 0 Å². The fourth-order valence-electron chi connectivity index (χ4n) is 3.18. The standard InChI is InChI=1S/C14H25NO4/c1-17-13(16)14(15)7-2-3-11(14)4-10-19-12-5-8-18-9-6-12/h11-12H,2-10,15H2,1H3. The molecule has 1 aliphatic carbocycles. The van der Waals surface area contributed by atoms with Crippen molar-refractivity contribution in [2.24, 2.45) is 11.7 Å². The normalized spacial score (nSPS) is 32.4. The van der Waals surface area contributed by atoms with Gasteiger partial charge in [-0.1, -0.05) is 6.42 Å². The van der Waals surface area contributed by atoms with Gasteiger partial charge in [-0.15, -0.1) is 0 Å². The lowest BCUT2D eigenvalue weighted by molar-refractivity contribution is -0.148. The summed E-state index contributed by atoms with van der Waals surface area (Å²) < 4.78 is 16.0. The van der Waals surface area contributed by atoms with Crippen molar-refractivity contribution in [3.05, 3.63) is 0 Å². The van der Waals surface area contributed by atoms with Gasteiger partial charge in [0.15, 0.2) is 0 Å². The predicted octanol–water partition coefficient (Wildman–Crippen LogP) is 1.24. The number of rotatable bonds is 5. The summed E-state index contributed by atoms with van der Waals surface area (Å²) in [7, 11) is 1.41. The molecule has 19 heavy (non-hydrogen) atoms. The van der Waals surface area contributed by atoms with E-state index in [-0.39, 0.29) is 11.9 Å². The van der Waals surface area contributed by atoms with E-state index in [0.29, 0.717) is 12.7 Å². The molecule has 5 heteroatoms. The predicted molar refractivity (Wildman–Crippen MR) is 70.7 cm³/mol. The first kappa shape index (κ1) is 14.8. The minimum absolute atomic E-state index is 0.180. The second kappa shape index (κ2) is 6.68. The van der Waals surface area contributed by atoms with Crippen molar-refractivity contribution in [2.45, 2.75) is 50.2 Å². The van der Waals surface area contributed by atoms with E-state index in [0.717, 1.165) is 51.7 Å². The van der Waals surface area contributed by atoms with Crippen molar-refractivity contribution in [2.75, 3.05) is 26.9 Å². The van der Waals surface area contributed by atoms with Crippen LogP contribution in [0.3, 0.4) is 0 Å². The van der Waals surface area contributed by atoms with Gasteiger partial charge in [-0.25, -0.2) is 0 Å². The van der Waals surface area contributed by atoms with Crippen LogP contribution < -0.4 is 5.73 Å². The summed E-state index contributed by atoms with van der Waals surface area (Å²) in [5.41, 5.74) is 5.43. The summed E-state index contributed by atoms with van der Waals surface area (Å²) in [6.07, 6.45) is 5.78. The highest BCUT2D eigenvalue weighted by molar-refractivity contribution is 5.81. The maximum atomic E-state index is 11.8. The topological polar surface area (TPSA) is 70.8 Å². The van der Waals surface area contributed by atoms with E-state index in [1.807, 2.05) is 0 Å². The molecule has 1 saturated carbocycles. The molecule has 1 aliphatic heterocycles. The summed E-state index contributed by atoms with van der Waals surface area (Å²) in [5, 5.41) is 0. The van der Waals surface area contributed by atoms with Gasteiger partial charge in [-0.2, -0.15) is 0 Å². The van der Waals surface area contributed by atoms with E-state index in [1.165, 1.54) is 7.11 Å². The number of hydrogen-bond donors (Lipinski definition) is 1. The molecule has 5 nitrogen and oxygen atoms in total. The Morgan fingerprint density at radius 3 is 2.79 bits per heavy atom. The first-order chi connectivity index (χ1) is 9.16. The molecule has 2 aliphatic rings. The quantitative estimate of drug-likeness (QED) is 0.762. The van der Waals surface area contributed by atoms with Gasteiger partial charge in [0.05, 0.1) is 13.2 Å². The smallest absolute Gasteiger partial charge is 0.326 e. The fourth-order valence-corrected chi connectivity index (χ4v) is 3.18. The first-order valence-electron chi connectivity index (χ1n) is 7.23. The molecular weight excluding hydrogens is 246 g/mol. The largest absolute Gasteiger partial charge is 0.468 e. The molecular formula is C14H25NO4. The Labute approximate surface area is 114 Å². The summed E-state index contributed by atoms with van der Waals surface area (Å²) in [6, 6.07) is 0. The van der Waals surface area contributed by atoms with Gasteiger partial charge in [-0.3, -0.25) is 4.79 Å². The van der Waals surface area contributed by atoms with E-state index in [9.17, 15) is 4.79 Å². The highest BCUT2D eigenvalue weighted by Crippen LogP contribution is 2.37. The van der Waals surface area contributed by atoms with Crippen molar-refractivity contribution >= 4 is 5.97 Å². The highest BCUT2D eigenvalue weighted by Gasteiger charge is 2.46. The number of methoxy groups -OCH3 is 1. The number of nitrogens with two attached hydrogens (primary N) is 1. The molecule has 2 rings (SSSR count). The van der Waals surface area contributed by atoms with Gasteiger partial charge in [-0.05, 0) is 38.0 Å². The van der Waals surface area contributed by atoms with E-state index in [2.05, 4.69) is 0 Å². The summed E-state index contributed by atoms with van der Waals surface area (Å²) in [6.45, 7) is 2.25. The Morgan fingerprint density at radius 1 is 1.37 bits per heavy atom. The SMILES string of the molecule is COC(=O)C1(N)CCCC1CCOC1CCOCC1. The zero-order valence-corrected chi connectivity index (χ0v) is 11.7. The number of carbonyl (C=O) groups is 1. The molecule has 0 bridgehead atoms. The van der Waals surface area contributed by atoms with Gasteiger partial charge in [0.2, 0.25) is 0 Å². The van der Waals surface area contributed by atoms with Gasteiger partial charge >= 0.3 is 5.97 Å². The highest BCUT2D eigenvalue weighted by atomic mass is 16.5. The Morgan fingerprint density at radius 2 is 2.11 bits per heavy atom. The molecule has 1 heterocycles. The maximum Gasteiger partial charge on any atom is 0.326 e. The summed E-state index contributed by atoms with van der Waals surface area (Å²) >= 11 is 0. The third-order valence-electron chi connectivity index (χ3n) is 4.43. The molecule has 1 saturated heterocycles. The van der Waals surface area contributed by atoms with E-state index >= 15 is 0 Å². The summed E-state index contributed by atoms with van der Waals surface area (Å²) in [4.78, 5) is 11.8. The molecule has 0 aromatic rings. The third kappa shape index (κ3) is 3.46. The Hall–Kier alpha value is -0.650. The molecule has 110 valence electrons. The first-order valence-corrected chi connectivity index (χ1v) is 7.23. The van der Waals surface area contributed by atoms with Crippen LogP contribution in [0, 0.1) is 5.92 Å². The summed E-state index contributed by atoms with van der Waals surface area (Å²) in [5.74, 6) is -0.0964. The van der Waals surface area contributed by atoms with E-state index in [1.54, 1.807) is 0 Å². The van der Waals surface area contributed by atoms with Crippen LogP contribution in [-0.4, -0.2) is 44.5 Å². The van der Waals surface area contributed by atoms with Gasteiger partial charge < -0.3 is 19.9 Å². The Bertz CT molecular complexity index is 304. The molecule has 2 fully saturated rings. The van der Waals surface area contributed by atoms with E-state index < -0.39 is 5.54 Å². The maximum absolute atomic E-state index is 11.8. The molecule has 0 amide bonds. The van der Waals surface area contributed by atoms with Crippen LogP contribution in [-0.2, 0) is 19.0 Å². The number of ether oxygens (including phenoxy) is 3. The molecule has 0 radical (unpaired) electrons. The second-order valence-electron chi connectivity index (χ2n) is 5.59. The van der Waals surface area contributed by atoms with Gasteiger partial charge in [0.25, 0.3) is 0 Å². The third-order valence-corrected chi connectivity index (χ3v) is 4.43. The van der Waals surface area contributed by atoms with Crippen molar-refractivity contribution < 1.29 is 19.0 Å². The zero-order chi connectivity index (χ0) is 13.7. The van der Waals surface area contributed by atoms with Gasteiger partial charge in [0, 0.05) is 19.8 Å². The second-order valence-corrected chi connectivity index (χ2v) is 5.59. The van der Waals surface area contributed by atoms with Crippen LogP contribution in [0.25, 0.3) is 0 Å². The Kier molecular flexibility index (Phi) is 5.19. The fraction of sp³-hybridized carbons (Fsp3) is 0.929. The molecule has 2 unspecified atom stereocenters. The molecule has 0 spiro atoms. The van der Waals surface area contributed by atoms with Crippen LogP contribution in [0.1, 0.15) is 38.5 Å². The Balaban J connectivity index is 1.76. The lowest BCUT2D eigenvalue weighted by Crippen LogP contribution is -2.52.